The number of fused-ring (bicyclic) bond motifs is 1. The van der Waals surface area contributed by atoms with Crippen LogP contribution in [0.5, 0.6) is 0 Å². The molecule has 2 heterocycles. The van der Waals surface area contributed by atoms with Gasteiger partial charge in [0.05, 0.1) is 22.0 Å². The van der Waals surface area contributed by atoms with Gasteiger partial charge in [-0.2, -0.15) is 16.1 Å². The molecule has 1 fully saturated rings. The van der Waals surface area contributed by atoms with E-state index in [1.807, 2.05) is 30.5 Å². The van der Waals surface area contributed by atoms with Gasteiger partial charge in [0.1, 0.15) is 5.82 Å². The first-order valence-corrected chi connectivity index (χ1v) is 13.7. The highest BCUT2D eigenvalue weighted by atomic mass is 32.2. The smallest absolute Gasteiger partial charge is 0.251 e. The first kappa shape index (κ1) is 22.8. The predicted molar refractivity (Wildman–Crippen MR) is 128 cm³/mol. The lowest BCUT2D eigenvalue weighted by Crippen LogP contribution is -2.35. The highest BCUT2D eigenvalue weighted by Crippen LogP contribution is 2.23. The highest BCUT2D eigenvalue weighted by molar-refractivity contribution is 7.98. The van der Waals surface area contributed by atoms with Gasteiger partial charge in [0.2, 0.25) is 10.0 Å². The van der Waals surface area contributed by atoms with Gasteiger partial charge in [-0.15, -0.1) is 0 Å². The summed E-state index contributed by atoms with van der Waals surface area (Å²) in [5.41, 5.74) is 2.21. The van der Waals surface area contributed by atoms with Crippen LogP contribution in [0, 0.1) is 0 Å². The minimum atomic E-state index is -3.51. The van der Waals surface area contributed by atoms with E-state index in [9.17, 15) is 13.2 Å². The number of nitrogens with one attached hydrogen (secondary N) is 2. The second-order valence-electron chi connectivity index (χ2n) is 7.94. The molecule has 9 heteroatoms. The summed E-state index contributed by atoms with van der Waals surface area (Å²) in [5.74, 6) is 1.34. The van der Waals surface area contributed by atoms with Crippen molar-refractivity contribution in [2.45, 2.75) is 36.6 Å². The molecule has 0 bridgehead atoms. The molecule has 2 aromatic carbocycles. The lowest BCUT2D eigenvalue weighted by Gasteiger charge is -2.25. The molecule has 170 valence electrons. The van der Waals surface area contributed by atoms with E-state index >= 15 is 0 Å². The van der Waals surface area contributed by atoms with E-state index in [0.717, 1.165) is 48.3 Å². The maximum absolute atomic E-state index is 12.9. The SMILES string of the molecule is CSCC[C@@H](NC(=O)c1ccc(S(=O)(=O)N2CCCCC2)cc1)c1nc2ccccc2[nH]1. The Bertz CT molecular complexity index is 1140. The fourth-order valence-electron chi connectivity index (χ4n) is 3.92. The molecule has 1 saturated heterocycles. The van der Waals surface area contributed by atoms with Crippen LogP contribution in [0.3, 0.4) is 0 Å². The van der Waals surface area contributed by atoms with Crippen LogP contribution in [0.4, 0.5) is 0 Å². The van der Waals surface area contributed by atoms with Crippen LogP contribution in [-0.2, 0) is 10.0 Å². The zero-order valence-electron chi connectivity index (χ0n) is 18.1. The van der Waals surface area contributed by atoms with Gasteiger partial charge < -0.3 is 10.3 Å². The van der Waals surface area contributed by atoms with Crippen molar-refractivity contribution in [2.75, 3.05) is 25.1 Å². The molecule has 0 radical (unpaired) electrons. The molecule has 2 N–H and O–H groups in total. The topological polar surface area (TPSA) is 95.2 Å². The summed E-state index contributed by atoms with van der Waals surface area (Å²) in [5, 5.41) is 3.06. The number of H-pyrrole nitrogens is 1. The molecular weight excluding hydrogens is 444 g/mol. The Morgan fingerprint density at radius 2 is 1.84 bits per heavy atom. The number of imidazole rings is 1. The van der Waals surface area contributed by atoms with Crippen LogP contribution in [0.15, 0.2) is 53.4 Å². The number of aromatic amines is 1. The molecule has 4 rings (SSSR count). The van der Waals surface area contributed by atoms with Crippen molar-refractivity contribution in [3.8, 4) is 0 Å². The summed E-state index contributed by atoms with van der Waals surface area (Å²) >= 11 is 1.71. The molecular formula is C23H28N4O3S2. The second-order valence-corrected chi connectivity index (χ2v) is 10.9. The highest BCUT2D eigenvalue weighted by Gasteiger charge is 2.26. The Morgan fingerprint density at radius 1 is 1.12 bits per heavy atom. The molecule has 0 saturated carbocycles. The summed E-state index contributed by atoms with van der Waals surface area (Å²) in [6, 6.07) is 13.7. The van der Waals surface area contributed by atoms with Crippen LogP contribution >= 0.6 is 11.8 Å². The number of sulfonamides is 1. The molecule has 1 aromatic heterocycles. The molecule has 0 aliphatic carbocycles. The van der Waals surface area contributed by atoms with Crippen molar-refractivity contribution < 1.29 is 13.2 Å². The number of carbonyl (C=O) groups excluding carboxylic acids is 1. The van der Waals surface area contributed by atoms with Crippen molar-refractivity contribution in [1.82, 2.24) is 19.6 Å². The predicted octanol–water partition coefficient (Wildman–Crippen LogP) is 3.96. The molecule has 0 spiro atoms. The van der Waals surface area contributed by atoms with Crippen molar-refractivity contribution in [1.29, 1.82) is 0 Å². The van der Waals surface area contributed by atoms with E-state index in [0.29, 0.717) is 18.7 Å². The lowest BCUT2D eigenvalue weighted by molar-refractivity contribution is 0.0934. The number of thioether (sulfide) groups is 1. The van der Waals surface area contributed by atoms with Gasteiger partial charge in [0.15, 0.2) is 0 Å². The van der Waals surface area contributed by atoms with Gasteiger partial charge in [-0.1, -0.05) is 18.6 Å². The van der Waals surface area contributed by atoms with Gasteiger partial charge in [-0.25, -0.2) is 13.4 Å². The van der Waals surface area contributed by atoms with E-state index < -0.39 is 10.0 Å². The number of piperidine rings is 1. The van der Waals surface area contributed by atoms with Crippen LogP contribution < -0.4 is 5.32 Å². The number of hydrogen-bond acceptors (Lipinski definition) is 5. The van der Waals surface area contributed by atoms with E-state index in [-0.39, 0.29) is 16.8 Å². The normalized spacial score (nSPS) is 16.2. The Morgan fingerprint density at radius 3 is 2.53 bits per heavy atom. The lowest BCUT2D eigenvalue weighted by atomic mass is 10.1. The van der Waals surface area contributed by atoms with Crippen molar-refractivity contribution in [2.24, 2.45) is 0 Å². The Balaban J connectivity index is 1.50. The molecule has 7 nitrogen and oxygen atoms in total. The first-order valence-electron chi connectivity index (χ1n) is 10.8. The maximum atomic E-state index is 12.9. The fraction of sp³-hybridized carbons (Fsp3) is 0.391. The van der Waals surface area contributed by atoms with Gasteiger partial charge >= 0.3 is 0 Å². The van der Waals surface area contributed by atoms with Gasteiger partial charge in [0, 0.05) is 18.7 Å². The zero-order chi connectivity index (χ0) is 22.6. The Labute approximate surface area is 193 Å². The third-order valence-corrected chi connectivity index (χ3v) is 8.28. The average Bonchev–Trinajstić information content (AvgIpc) is 3.26. The standard InChI is InChI=1S/C23H28N4O3S2/c1-31-16-13-21(22-24-19-7-3-4-8-20(19)25-22)26-23(28)17-9-11-18(12-10-17)32(29,30)27-14-5-2-6-15-27/h3-4,7-12,21H,2,5-6,13-16H2,1H3,(H,24,25)(H,26,28)/t21-/m1/s1. The number of carbonyl (C=O) groups is 1. The summed E-state index contributed by atoms with van der Waals surface area (Å²) < 4.78 is 27.2. The van der Waals surface area contributed by atoms with Crippen LogP contribution in [0.2, 0.25) is 0 Å². The molecule has 1 aliphatic heterocycles. The van der Waals surface area contributed by atoms with Crippen molar-refractivity contribution >= 4 is 38.7 Å². The van der Waals surface area contributed by atoms with Gasteiger partial charge in [-0.05, 0) is 67.7 Å². The van der Waals surface area contributed by atoms with Crippen LogP contribution in [-0.4, -0.2) is 53.7 Å². The van der Waals surface area contributed by atoms with E-state index in [2.05, 4.69) is 15.3 Å². The van der Waals surface area contributed by atoms with Crippen LogP contribution in [0.1, 0.15) is 47.9 Å². The average molecular weight is 473 g/mol. The molecule has 1 aliphatic rings. The number of benzene rings is 2. The number of amides is 1. The molecule has 32 heavy (non-hydrogen) atoms. The molecule has 1 atom stereocenters. The minimum absolute atomic E-state index is 0.229. The zero-order valence-corrected chi connectivity index (χ0v) is 19.7. The Kier molecular flexibility index (Phi) is 7.17. The quantitative estimate of drug-likeness (QED) is 0.517. The van der Waals surface area contributed by atoms with Gasteiger partial charge in [-0.3, -0.25) is 4.79 Å². The monoisotopic (exact) mass is 472 g/mol. The Hall–Kier alpha value is -2.36. The first-order chi connectivity index (χ1) is 15.5. The second kappa shape index (κ2) is 10.1. The third-order valence-electron chi connectivity index (χ3n) is 5.72. The summed E-state index contributed by atoms with van der Waals surface area (Å²) in [6.07, 6.45) is 5.60. The number of para-hydroxylation sites is 2. The van der Waals surface area contributed by atoms with Crippen molar-refractivity contribution in [3.63, 3.8) is 0 Å². The van der Waals surface area contributed by atoms with Gasteiger partial charge in [0.25, 0.3) is 5.91 Å². The van der Waals surface area contributed by atoms with E-state index in [1.165, 1.54) is 16.4 Å². The number of hydrogen-bond donors (Lipinski definition) is 2. The molecule has 3 aromatic rings. The van der Waals surface area contributed by atoms with Crippen molar-refractivity contribution in [3.05, 3.63) is 59.9 Å². The number of rotatable bonds is 8. The molecule has 1 amide bonds. The number of aromatic nitrogens is 2. The number of nitrogens with zero attached hydrogens (tertiary/aromatic N) is 2. The maximum Gasteiger partial charge on any atom is 0.251 e. The third kappa shape index (κ3) is 5.00. The van der Waals surface area contributed by atoms with E-state index in [4.69, 9.17) is 0 Å². The minimum Gasteiger partial charge on any atom is -0.342 e. The largest absolute Gasteiger partial charge is 0.342 e. The summed E-state index contributed by atoms with van der Waals surface area (Å²) in [4.78, 5) is 21.1. The summed E-state index contributed by atoms with van der Waals surface area (Å²) in [7, 11) is -3.51. The summed E-state index contributed by atoms with van der Waals surface area (Å²) in [6.45, 7) is 1.11. The molecule has 0 unspecified atom stereocenters. The fourth-order valence-corrected chi connectivity index (χ4v) is 5.91. The van der Waals surface area contributed by atoms with Crippen LogP contribution in [0.25, 0.3) is 11.0 Å². The van der Waals surface area contributed by atoms with E-state index in [1.54, 1.807) is 23.9 Å².